The lowest BCUT2D eigenvalue weighted by Gasteiger charge is -2.38. The molecule has 3 rings (SSSR count). The molecule has 0 unspecified atom stereocenters. The Kier molecular flexibility index (Phi) is 7.41. The highest BCUT2D eigenvalue weighted by Gasteiger charge is 2.26. The van der Waals surface area contributed by atoms with E-state index in [1.807, 2.05) is 32.3 Å². The van der Waals surface area contributed by atoms with E-state index in [-0.39, 0.29) is 6.04 Å². The standard InChI is InChI=1S/C22H33N5O2/c1-25(2)11-7-10-23-19-20(22(29)21(19)28)24-16-18(17-8-5-4-6-9-17)27-14-12-26(3)13-15-27/h4-6,8-9,18,23-24H,7,10-16H2,1-3H3/t18-/m0/s1. The highest BCUT2D eigenvalue weighted by atomic mass is 16.2. The zero-order chi connectivity index (χ0) is 20.8. The van der Waals surface area contributed by atoms with Crippen molar-refractivity contribution in [2.75, 3.05) is 77.6 Å². The molecule has 7 nitrogen and oxygen atoms in total. The van der Waals surface area contributed by atoms with Gasteiger partial charge in [0.2, 0.25) is 0 Å². The van der Waals surface area contributed by atoms with Crippen LogP contribution in [0.5, 0.6) is 0 Å². The lowest BCUT2D eigenvalue weighted by Crippen LogP contribution is -2.48. The van der Waals surface area contributed by atoms with Crippen molar-refractivity contribution >= 4 is 11.4 Å². The van der Waals surface area contributed by atoms with Crippen LogP contribution in [0.15, 0.2) is 39.9 Å². The van der Waals surface area contributed by atoms with Gasteiger partial charge in [0.1, 0.15) is 11.4 Å². The molecule has 0 bridgehead atoms. The number of benzene rings is 1. The molecular formula is C22H33N5O2. The topological polar surface area (TPSA) is 67.9 Å². The summed E-state index contributed by atoms with van der Waals surface area (Å²) < 4.78 is 0. The van der Waals surface area contributed by atoms with Gasteiger partial charge in [-0.15, -0.1) is 0 Å². The van der Waals surface area contributed by atoms with Gasteiger partial charge >= 0.3 is 0 Å². The van der Waals surface area contributed by atoms with Gasteiger partial charge in [0.25, 0.3) is 10.9 Å². The quantitative estimate of drug-likeness (QED) is 0.457. The fraction of sp³-hybridized carbons (Fsp3) is 0.545. The smallest absolute Gasteiger partial charge is 0.253 e. The molecule has 1 aliphatic heterocycles. The maximum atomic E-state index is 12.1. The van der Waals surface area contributed by atoms with Gasteiger partial charge in [-0.25, -0.2) is 0 Å². The van der Waals surface area contributed by atoms with Crippen LogP contribution in [0.2, 0.25) is 0 Å². The largest absolute Gasteiger partial charge is 0.380 e. The summed E-state index contributed by atoms with van der Waals surface area (Å²) in [6.07, 6.45) is 0.916. The molecule has 0 spiro atoms. The third-order valence-electron chi connectivity index (χ3n) is 5.63. The first kappa shape index (κ1) is 21.5. The average molecular weight is 400 g/mol. The Bertz CT molecular complexity index is 837. The molecule has 158 valence electrons. The highest BCUT2D eigenvalue weighted by Crippen LogP contribution is 2.24. The minimum atomic E-state index is -0.412. The number of piperazine rings is 1. The van der Waals surface area contributed by atoms with Gasteiger partial charge in [-0.05, 0) is 39.7 Å². The van der Waals surface area contributed by atoms with E-state index >= 15 is 0 Å². The van der Waals surface area contributed by atoms with Crippen LogP contribution in [0.4, 0.5) is 11.4 Å². The molecule has 0 aromatic heterocycles. The summed E-state index contributed by atoms with van der Waals surface area (Å²) >= 11 is 0. The molecule has 1 aliphatic rings. The molecular weight excluding hydrogens is 366 g/mol. The van der Waals surface area contributed by atoms with E-state index in [4.69, 9.17) is 0 Å². The summed E-state index contributed by atoms with van der Waals surface area (Å²) in [7, 11) is 6.18. The van der Waals surface area contributed by atoms with E-state index in [0.29, 0.717) is 24.5 Å². The first-order chi connectivity index (χ1) is 14.0. The van der Waals surface area contributed by atoms with E-state index < -0.39 is 10.9 Å². The zero-order valence-electron chi connectivity index (χ0n) is 17.8. The predicted octanol–water partition coefficient (Wildman–Crippen LogP) is 1.05. The second-order valence-corrected chi connectivity index (χ2v) is 8.14. The Morgan fingerprint density at radius 2 is 1.59 bits per heavy atom. The number of likely N-dealkylation sites (N-methyl/N-ethyl adjacent to an activating group) is 1. The molecule has 1 heterocycles. The Labute approximate surface area is 173 Å². The fourth-order valence-electron chi connectivity index (χ4n) is 3.80. The van der Waals surface area contributed by atoms with E-state index in [1.165, 1.54) is 5.56 Å². The molecule has 0 saturated carbocycles. The van der Waals surface area contributed by atoms with Crippen molar-refractivity contribution < 1.29 is 0 Å². The molecule has 2 aromatic rings. The normalized spacial score (nSPS) is 17.0. The van der Waals surface area contributed by atoms with Crippen LogP contribution in [0, 0.1) is 0 Å². The van der Waals surface area contributed by atoms with Crippen LogP contribution in [-0.4, -0.2) is 81.7 Å². The molecule has 0 amide bonds. The molecule has 2 aromatic carbocycles. The minimum absolute atomic E-state index is 0.163. The first-order valence-corrected chi connectivity index (χ1v) is 10.4. The van der Waals surface area contributed by atoms with E-state index in [0.717, 1.165) is 39.1 Å². The summed E-state index contributed by atoms with van der Waals surface area (Å²) in [4.78, 5) is 31.0. The summed E-state index contributed by atoms with van der Waals surface area (Å²) in [5, 5.41) is 6.44. The van der Waals surface area contributed by atoms with Crippen molar-refractivity contribution in [1.82, 2.24) is 14.7 Å². The molecule has 0 radical (unpaired) electrons. The zero-order valence-corrected chi connectivity index (χ0v) is 17.8. The van der Waals surface area contributed by atoms with Gasteiger partial charge in [0.15, 0.2) is 0 Å². The van der Waals surface area contributed by atoms with Gasteiger partial charge in [-0.3, -0.25) is 14.5 Å². The number of nitrogens with zero attached hydrogens (tertiary/aromatic N) is 3. The second kappa shape index (κ2) is 10.0. The van der Waals surface area contributed by atoms with Crippen molar-refractivity contribution in [1.29, 1.82) is 0 Å². The number of anilines is 2. The molecule has 2 N–H and O–H groups in total. The lowest BCUT2D eigenvalue weighted by molar-refractivity contribution is 0.116. The summed E-state index contributed by atoms with van der Waals surface area (Å²) in [5.74, 6) is 0. The lowest BCUT2D eigenvalue weighted by atomic mass is 10.0. The van der Waals surface area contributed by atoms with Crippen LogP contribution >= 0.6 is 0 Å². The second-order valence-electron chi connectivity index (χ2n) is 8.14. The van der Waals surface area contributed by atoms with Crippen LogP contribution in [0.25, 0.3) is 0 Å². The molecule has 1 atom stereocenters. The van der Waals surface area contributed by atoms with Crippen LogP contribution in [-0.2, 0) is 0 Å². The van der Waals surface area contributed by atoms with Gasteiger partial charge in [0.05, 0.1) is 6.04 Å². The summed E-state index contributed by atoms with van der Waals surface area (Å²) in [6, 6.07) is 10.5. The molecule has 0 aliphatic carbocycles. The third-order valence-corrected chi connectivity index (χ3v) is 5.63. The number of rotatable bonds is 10. The first-order valence-electron chi connectivity index (χ1n) is 10.4. The van der Waals surface area contributed by atoms with Gasteiger partial charge in [-0.2, -0.15) is 0 Å². The van der Waals surface area contributed by atoms with E-state index in [9.17, 15) is 9.59 Å². The van der Waals surface area contributed by atoms with Gasteiger partial charge in [0, 0.05) is 39.3 Å². The van der Waals surface area contributed by atoms with Crippen molar-refractivity contribution in [2.45, 2.75) is 12.5 Å². The van der Waals surface area contributed by atoms with Crippen molar-refractivity contribution in [2.24, 2.45) is 0 Å². The van der Waals surface area contributed by atoms with Gasteiger partial charge < -0.3 is 20.4 Å². The average Bonchev–Trinajstić information content (AvgIpc) is 2.73. The number of nitrogens with one attached hydrogen (secondary N) is 2. The van der Waals surface area contributed by atoms with E-state index in [2.05, 4.69) is 44.5 Å². The number of hydrogen-bond donors (Lipinski definition) is 2. The molecule has 1 saturated heterocycles. The molecule has 29 heavy (non-hydrogen) atoms. The monoisotopic (exact) mass is 399 g/mol. The Hall–Kier alpha value is -2.22. The number of hydrogen-bond acceptors (Lipinski definition) is 7. The summed E-state index contributed by atoms with van der Waals surface area (Å²) in [6.45, 7) is 6.25. The fourth-order valence-corrected chi connectivity index (χ4v) is 3.80. The van der Waals surface area contributed by atoms with Crippen molar-refractivity contribution in [3.8, 4) is 0 Å². The molecule has 7 heteroatoms. The van der Waals surface area contributed by atoms with Crippen LogP contribution in [0.3, 0.4) is 0 Å². The maximum Gasteiger partial charge on any atom is 0.253 e. The molecule has 1 fully saturated rings. The Morgan fingerprint density at radius 1 is 0.966 bits per heavy atom. The van der Waals surface area contributed by atoms with Gasteiger partial charge in [-0.1, -0.05) is 30.3 Å². The SMILES string of the molecule is CN(C)CCCNc1c(NC[C@@H](c2ccccc2)N2CCN(C)CC2)c(=O)c1=O. The van der Waals surface area contributed by atoms with E-state index in [1.54, 1.807) is 0 Å². The Balaban J connectivity index is 1.66. The highest BCUT2D eigenvalue weighted by molar-refractivity contribution is 5.74. The van der Waals surface area contributed by atoms with Crippen molar-refractivity contribution in [3.63, 3.8) is 0 Å². The Morgan fingerprint density at radius 3 is 2.21 bits per heavy atom. The van der Waals surface area contributed by atoms with Crippen LogP contribution < -0.4 is 21.5 Å². The summed E-state index contributed by atoms with van der Waals surface area (Å²) in [5.41, 5.74) is 1.29. The maximum absolute atomic E-state index is 12.1. The third kappa shape index (κ3) is 5.44. The minimum Gasteiger partial charge on any atom is -0.380 e. The predicted molar refractivity (Wildman–Crippen MR) is 120 cm³/mol. The van der Waals surface area contributed by atoms with Crippen molar-refractivity contribution in [3.05, 3.63) is 56.3 Å². The van der Waals surface area contributed by atoms with Crippen LogP contribution in [0.1, 0.15) is 18.0 Å².